The molecular weight excluding hydrogens is 269 g/mol. The number of hydrogen-bond acceptors (Lipinski definition) is 3. The van der Waals surface area contributed by atoms with E-state index in [-0.39, 0.29) is 5.75 Å². The van der Waals surface area contributed by atoms with Crippen LogP contribution < -0.4 is 10.5 Å². The van der Waals surface area contributed by atoms with E-state index in [1.807, 2.05) is 0 Å². The molecule has 20 heavy (non-hydrogen) atoms. The maximum Gasteiger partial charge on any atom is 0.573 e. The van der Waals surface area contributed by atoms with Crippen LogP contribution in [0.25, 0.3) is 0 Å². The Kier molecular flexibility index (Phi) is 6.29. The summed E-state index contributed by atoms with van der Waals surface area (Å²) in [4.78, 5) is 2.18. The zero-order valence-electron chi connectivity index (χ0n) is 11.8. The van der Waals surface area contributed by atoms with Crippen LogP contribution in [0.15, 0.2) is 24.3 Å². The summed E-state index contributed by atoms with van der Waals surface area (Å²) >= 11 is 0. The molecule has 0 saturated heterocycles. The molecule has 0 aliphatic heterocycles. The Morgan fingerprint density at radius 2 is 1.80 bits per heavy atom. The summed E-state index contributed by atoms with van der Waals surface area (Å²) < 4.78 is 40.0. The van der Waals surface area contributed by atoms with Crippen LogP contribution in [0.1, 0.15) is 19.4 Å². The van der Waals surface area contributed by atoms with Crippen molar-refractivity contribution >= 4 is 0 Å². The van der Waals surface area contributed by atoms with E-state index in [0.29, 0.717) is 19.0 Å². The lowest BCUT2D eigenvalue weighted by Gasteiger charge is -2.23. The average Bonchev–Trinajstić information content (AvgIpc) is 2.29. The molecule has 0 spiro atoms. The molecule has 1 aromatic carbocycles. The number of nitrogens with zero attached hydrogens (tertiary/aromatic N) is 1. The standard InChI is InChI=1S/C14H21F3N2O/c1-11(2)9-19(8-7-18)10-12-3-5-13(6-4-12)20-14(15,16)17/h3-6,11H,7-10,18H2,1-2H3. The van der Waals surface area contributed by atoms with E-state index in [0.717, 1.165) is 18.7 Å². The molecule has 0 atom stereocenters. The van der Waals surface area contributed by atoms with Gasteiger partial charge in [-0.1, -0.05) is 26.0 Å². The van der Waals surface area contributed by atoms with Crippen molar-refractivity contribution in [3.05, 3.63) is 29.8 Å². The first kappa shape index (κ1) is 16.8. The predicted octanol–water partition coefficient (Wildman–Crippen LogP) is 3.00. The minimum Gasteiger partial charge on any atom is -0.406 e. The molecular formula is C14H21F3N2O. The van der Waals surface area contributed by atoms with Crippen LogP contribution in [-0.2, 0) is 6.54 Å². The lowest BCUT2D eigenvalue weighted by molar-refractivity contribution is -0.274. The van der Waals surface area contributed by atoms with Crippen molar-refractivity contribution in [2.45, 2.75) is 26.8 Å². The van der Waals surface area contributed by atoms with Gasteiger partial charge in [-0.3, -0.25) is 4.90 Å². The Morgan fingerprint density at radius 3 is 2.25 bits per heavy atom. The molecule has 0 aliphatic carbocycles. The van der Waals surface area contributed by atoms with Gasteiger partial charge in [0.15, 0.2) is 0 Å². The molecule has 1 aromatic rings. The third-order valence-electron chi connectivity index (χ3n) is 2.63. The van der Waals surface area contributed by atoms with Gasteiger partial charge in [0.2, 0.25) is 0 Å². The topological polar surface area (TPSA) is 38.5 Å². The molecule has 0 saturated carbocycles. The molecule has 114 valence electrons. The highest BCUT2D eigenvalue weighted by Crippen LogP contribution is 2.23. The summed E-state index contributed by atoms with van der Waals surface area (Å²) in [6, 6.07) is 5.95. The van der Waals surface area contributed by atoms with Crippen LogP contribution in [0.3, 0.4) is 0 Å². The van der Waals surface area contributed by atoms with Crippen molar-refractivity contribution in [1.29, 1.82) is 0 Å². The Balaban J connectivity index is 2.62. The molecule has 0 bridgehead atoms. The quantitative estimate of drug-likeness (QED) is 0.839. The van der Waals surface area contributed by atoms with Crippen molar-refractivity contribution in [2.75, 3.05) is 19.6 Å². The Hall–Kier alpha value is -1.27. The van der Waals surface area contributed by atoms with Crippen LogP contribution in [-0.4, -0.2) is 30.9 Å². The highest BCUT2D eigenvalue weighted by Gasteiger charge is 2.30. The van der Waals surface area contributed by atoms with E-state index in [2.05, 4.69) is 23.5 Å². The molecule has 0 aliphatic rings. The smallest absolute Gasteiger partial charge is 0.406 e. The van der Waals surface area contributed by atoms with Gasteiger partial charge in [-0.15, -0.1) is 13.2 Å². The summed E-state index contributed by atoms with van der Waals surface area (Å²) in [6.07, 6.45) is -4.65. The molecule has 0 heterocycles. The zero-order chi connectivity index (χ0) is 15.2. The Labute approximate surface area is 117 Å². The number of nitrogens with two attached hydrogens (primary N) is 1. The number of benzene rings is 1. The van der Waals surface area contributed by atoms with E-state index in [1.165, 1.54) is 12.1 Å². The third-order valence-corrected chi connectivity index (χ3v) is 2.63. The normalized spacial score (nSPS) is 12.2. The van der Waals surface area contributed by atoms with Crippen molar-refractivity contribution in [3.8, 4) is 5.75 Å². The fourth-order valence-corrected chi connectivity index (χ4v) is 1.99. The lowest BCUT2D eigenvalue weighted by atomic mass is 10.1. The van der Waals surface area contributed by atoms with Gasteiger partial charge in [-0.25, -0.2) is 0 Å². The van der Waals surface area contributed by atoms with Crippen LogP contribution >= 0.6 is 0 Å². The first-order valence-electron chi connectivity index (χ1n) is 6.57. The second-order valence-electron chi connectivity index (χ2n) is 5.11. The van der Waals surface area contributed by atoms with E-state index in [4.69, 9.17) is 5.73 Å². The first-order chi connectivity index (χ1) is 9.30. The average molecular weight is 290 g/mol. The third kappa shape index (κ3) is 6.77. The minimum absolute atomic E-state index is 0.199. The molecule has 0 unspecified atom stereocenters. The van der Waals surface area contributed by atoms with E-state index in [1.54, 1.807) is 12.1 Å². The van der Waals surface area contributed by atoms with E-state index in [9.17, 15) is 13.2 Å². The highest BCUT2D eigenvalue weighted by molar-refractivity contribution is 5.27. The molecule has 0 radical (unpaired) electrons. The number of ether oxygens (including phenoxy) is 1. The van der Waals surface area contributed by atoms with Crippen LogP contribution in [0.5, 0.6) is 5.75 Å². The Bertz CT molecular complexity index is 390. The first-order valence-corrected chi connectivity index (χ1v) is 6.57. The molecule has 6 heteroatoms. The van der Waals surface area contributed by atoms with Crippen molar-refractivity contribution in [2.24, 2.45) is 11.7 Å². The number of alkyl halides is 3. The Morgan fingerprint density at radius 1 is 1.20 bits per heavy atom. The molecule has 3 nitrogen and oxygen atoms in total. The second kappa shape index (κ2) is 7.50. The van der Waals surface area contributed by atoms with Gasteiger partial charge in [0.1, 0.15) is 5.75 Å². The molecule has 2 N–H and O–H groups in total. The molecule has 0 aromatic heterocycles. The fourth-order valence-electron chi connectivity index (χ4n) is 1.99. The predicted molar refractivity (Wildman–Crippen MR) is 72.3 cm³/mol. The van der Waals surface area contributed by atoms with Crippen LogP contribution in [0.2, 0.25) is 0 Å². The van der Waals surface area contributed by atoms with E-state index < -0.39 is 6.36 Å². The van der Waals surface area contributed by atoms with Gasteiger partial charge in [0.25, 0.3) is 0 Å². The van der Waals surface area contributed by atoms with Crippen LogP contribution in [0, 0.1) is 5.92 Å². The summed E-state index contributed by atoms with van der Waals surface area (Å²) in [5.74, 6) is 0.310. The van der Waals surface area contributed by atoms with Crippen molar-refractivity contribution in [1.82, 2.24) is 4.90 Å². The number of halogens is 3. The van der Waals surface area contributed by atoms with Gasteiger partial charge >= 0.3 is 6.36 Å². The number of hydrogen-bond donors (Lipinski definition) is 1. The molecule has 0 amide bonds. The number of rotatable bonds is 7. The maximum absolute atomic E-state index is 12.1. The highest BCUT2D eigenvalue weighted by atomic mass is 19.4. The maximum atomic E-state index is 12.1. The monoisotopic (exact) mass is 290 g/mol. The summed E-state index contributed by atoms with van der Waals surface area (Å²) in [7, 11) is 0. The van der Waals surface area contributed by atoms with E-state index >= 15 is 0 Å². The zero-order valence-corrected chi connectivity index (χ0v) is 11.8. The molecule has 1 rings (SSSR count). The van der Waals surface area contributed by atoms with Gasteiger partial charge in [-0.2, -0.15) is 0 Å². The minimum atomic E-state index is -4.65. The van der Waals surface area contributed by atoms with Gasteiger partial charge in [0, 0.05) is 26.2 Å². The second-order valence-corrected chi connectivity index (χ2v) is 5.11. The summed E-state index contributed by atoms with van der Waals surface area (Å²) in [5, 5.41) is 0. The summed E-state index contributed by atoms with van der Waals surface area (Å²) in [5.41, 5.74) is 6.50. The van der Waals surface area contributed by atoms with Gasteiger partial charge in [0.05, 0.1) is 0 Å². The lowest BCUT2D eigenvalue weighted by Crippen LogP contribution is -2.32. The molecule has 0 fully saturated rings. The summed E-state index contributed by atoms with van der Waals surface area (Å²) in [6.45, 7) is 7.12. The van der Waals surface area contributed by atoms with Crippen LogP contribution in [0.4, 0.5) is 13.2 Å². The van der Waals surface area contributed by atoms with Gasteiger partial charge in [-0.05, 0) is 23.6 Å². The van der Waals surface area contributed by atoms with Crippen molar-refractivity contribution in [3.63, 3.8) is 0 Å². The fraction of sp³-hybridized carbons (Fsp3) is 0.571. The van der Waals surface area contributed by atoms with Crippen molar-refractivity contribution < 1.29 is 17.9 Å². The SMILES string of the molecule is CC(C)CN(CCN)Cc1ccc(OC(F)(F)F)cc1. The van der Waals surface area contributed by atoms with Gasteiger partial charge < -0.3 is 10.5 Å². The largest absolute Gasteiger partial charge is 0.573 e.